The van der Waals surface area contributed by atoms with Crippen molar-refractivity contribution in [1.82, 2.24) is 15.3 Å². The highest BCUT2D eigenvalue weighted by molar-refractivity contribution is 5.89. The number of aliphatic hydroxyl groups is 1. The van der Waals surface area contributed by atoms with Crippen LogP contribution < -0.4 is 15.1 Å². The van der Waals surface area contributed by atoms with Gasteiger partial charge >= 0.3 is 6.09 Å². The number of carbonyl (C=O) groups excluding carboxylic acids is 2. The van der Waals surface area contributed by atoms with Crippen LogP contribution in [0.3, 0.4) is 0 Å². The van der Waals surface area contributed by atoms with Crippen molar-refractivity contribution in [2.45, 2.75) is 25.0 Å². The molecule has 9 nitrogen and oxygen atoms in total. The smallest absolute Gasteiger partial charge is 0.414 e. The van der Waals surface area contributed by atoms with Gasteiger partial charge in [-0.3, -0.25) is 9.69 Å². The normalized spacial score (nSPS) is 23.0. The van der Waals surface area contributed by atoms with Crippen molar-refractivity contribution in [1.29, 1.82) is 0 Å². The third kappa shape index (κ3) is 4.51. The molecule has 0 aliphatic carbocycles. The number of cyclic esters (lactones) is 1. The van der Waals surface area contributed by atoms with Gasteiger partial charge in [-0.25, -0.2) is 14.8 Å². The predicted octanol–water partition coefficient (Wildman–Crippen LogP) is 1.46. The summed E-state index contributed by atoms with van der Waals surface area (Å²) >= 11 is 0. The molecule has 2 unspecified atom stereocenters. The summed E-state index contributed by atoms with van der Waals surface area (Å²) in [6.07, 6.45) is 6.70. The average molecular weight is 423 g/mol. The second kappa shape index (κ2) is 9.13. The maximum absolute atomic E-state index is 12.2. The number of anilines is 2. The van der Waals surface area contributed by atoms with Gasteiger partial charge in [0.05, 0.1) is 25.7 Å². The van der Waals surface area contributed by atoms with Crippen LogP contribution in [-0.4, -0.2) is 65.5 Å². The lowest BCUT2D eigenvalue weighted by Gasteiger charge is -2.37. The van der Waals surface area contributed by atoms with E-state index in [9.17, 15) is 14.7 Å². The molecule has 2 amide bonds. The molecule has 2 aliphatic heterocycles. The van der Waals surface area contributed by atoms with Crippen molar-refractivity contribution in [2.24, 2.45) is 0 Å². The summed E-state index contributed by atoms with van der Waals surface area (Å²) in [4.78, 5) is 35.5. The van der Waals surface area contributed by atoms with E-state index in [2.05, 4.69) is 21.4 Å². The molecule has 0 bridgehead atoms. The number of nitrogens with one attached hydrogen (secondary N) is 1. The van der Waals surface area contributed by atoms with Crippen molar-refractivity contribution in [3.05, 3.63) is 60.4 Å². The molecule has 0 spiro atoms. The summed E-state index contributed by atoms with van der Waals surface area (Å²) in [6, 6.07) is 9.22. The number of hydrogen-bond acceptors (Lipinski definition) is 7. The van der Waals surface area contributed by atoms with E-state index in [1.807, 2.05) is 35.2 Å². The number of aliphatic hydroxyl groups excluding tert-OH is 1. The van der Waals surface area contributed by atoms with Gasteiger partial charge in [-0.1, -0.05) is 24.3 Å². The van der Waals surface area contributed by atoms with E-state index >= 15 is 0 Å². The van der Waals surface area contributed by atoms with E-state index < -0.39 is 6.09 Å². The first-order valence-corrected chi connectivity index (χ1v) is 10.2. The summed E-state index contributed by atoms with van der Waals surface area (Å²) in [5, 5.41) is 12.8. The fraction of sp³-hybridized carbons (Fsp3) is 0.364. The number of carbonyl (C=O) groups is 2. The molecule has 3 heterocycles. The Morgan fingerprint density at radius 3 is 2.68 bits per heavy atom. The zero-order valence-corrected chi connectivity index (χ0v) is 17.2. The highest BCUT2D eigenvalue weighted by Crippen LogP contribution is 2.32. The van der Waals surface area contributed by atoms with Crippen LogP contribution >= 0.6 is 0 Å². The maximum Gasteiger partial charge on any atom is 0.414 e. The van der Waals surface area contributed by atoms with Crippen LogP contribution in [0.2, 0.25) is 0 Å². The summed E-state index contributed by atoms with van der Waals surface area (Å²) in [5.41, 5.74) is 1.74. The highest BCUT2D eigenvalue weighted by atomic mass is 16.6. The molecule has 1 aromatic heterocycles. The molecule has 9 heteroatoms. The Balaban J connectivity index is 1.49. The number of amides is 2. The molecule has 1 fully saturated rings. The molecule has 31 heavy (non-hydrogen) atoms. The van der Waals surface area contributed by atoms with Gasteiger partial charge in [0.1, 0.15) is 6.10 Å². The quantitative estimate of drug-likeness (QED) is 0.677. The second-order valence-electron chi connectivity index (χ2n) is 7.55. The third-order valence-electron chi connectivity index (χ3n) is 5.50. The Morgan fingerprint density at radius 2 is 2.00 bits per heavy atom. The molecule has 1 aromatic carbocycles. The van der Waals surface area contributed by atoms with Crippen molar-refractivity contribution in [2.75, 3.05) is 36.0 Å². The largest absolute Gasteiger partial charge is 0.442 e. The van der Waals surface area contributed by atoms with E-state index in [0.29, 0.717) is 19.0 Å². The van der Waals surface area contributed by atoms with Crippen LogP contribution in [0.15, 0.2) is 54.9 Å². The fourth-order valence-corrected chi connectivity index (χ4v) is 3.97. The summed E-state index contributed by atoms with van der Waals surface area (Å²) in [6.45, 7) is 2.67. The molecule has 0 saturated carbocycles. The molecular weight excluding hydrogens is 398 g/mol. The zero-order chi connectivity index (χ0) is 21.8. The Labute approximate surface area is 180 Å². The SMILES string of the molecule is CC(=O)NC[C@H]1CN(c2ccc(C3C=CCN(c4ncccn4)C3CO)cc2)C(=O)O1. The number of nitrogens with zero attached hydrogens (tertiary/aromatic N) is 4. The lowest BCUT2D eigenvalue weighted by molar-refractivity contribution is -0.119. The van der Waals surface area contributed by atoms with E-state index in [4.69, 9.17) is 4.74 Å². The van der Waals surface area contributed by atoms with Crippen molar-refractivity contribution < 1.29 is 19.4 Å². The van der Waals surface area contributed by atoms with E-state index in [1.165, 1.54) is 6.92 Å². The monoisotopic (exact) mass is 423 g/mol. The summed E-state index contributed by atoms with van der Waals surface area (Å²) < 4.78 is 5.33. The van der Waals surface area contributed by atoms with Gasteiger partial charge in [0.15, 0.2) is 0 Å². The van der Waals surface area contributed by atoms with Crippen molar-refractivity contribution in [3.8, 4) is 0 Å². The van der Waals surface area contributed by atoms with E-state index in [-0.39, 0.29) is 37.1 Å². The van der Waals surface area contributed by atoms with Crippen LogP contribution in [0.5, 0.6) is 0 Å². The Morgan fingerprint density at radius 1 is 1.26 bits per heavy atom. The molecule has 4 rings (SSSR count). The molecule has 2 aliphatic rings. The summed E-state index contributed by atoms with van der Waals surface area (Å²) in [5.74, 6) is 0.375. The third-order valence-corrected chi connectivity index (χ3v) is 5.50. The summed E-state index contributed by atoms with van der Waals surface area (Å²) in [7, 11) is 0. The zero-order valence-electron chi connectivity index (χ0n) is 17.2. The first-order chi connectivity index (χ1) is 15.1. The minimum Gasteiger partial charge on any atom is -0.442 e. The maximum atomic E-state index is 12.2. The van der Waals surface area contributed by atoms with Gasteiger partial charge in [0.25, 0.3) is 0 Å². The van der Waals surface area contributed by atoms with Crippen LogP contribution in [0.4, 0.5) is 16.4 Å². The number of hydrogen-bond donors (Lipinski definition) is 2. The number of benzene rings is 1. The van der Waals surface area contributed by atoms with Crippen LogP contribution in [0.1, 0.15) is 18.4 Å². The van der Waals surface area contributed by atoms with Crippen molar-refractivity contribution >= 4 is 23.6 Å². The second-order valence-corrected chi connectivity index (χ2v) is 7.55. The first-order valence-electron chi connectivity index (χ1n) is 10.2. The first kappa shape index (κ1) is 20.8. The van der Waals surface area contributed by atoms with E-state index in [0.717, 1.165) is 11.3 Å². The van der Waals surface area contributed by atoms with Gasteiger partial charge in [-0.05, 0) is 23.8 Å². The molecule has 2 aromatic rings. The Kier molecular flexibility index (Phi) is 6.13. The Bertz CT molecular complexity index is 950. The van der Waals surface area contributed by atoms with Gasteiger partial charge < -0.3 is 20.1 Å². The van der Waals surface area contributed by atoms with Gasteiger partial charge in [-0.15, -0.1) is 0 Å². The molecule has 0 radical (unpaired) electrons. The molecule has 2 N–H and O–H groups in total. The molecule has 3 atom stereocenters. The molecule has 1 saturated heterocycles. The van der Waals surface area contributed by atoms with E-state index in [1.54, 1.807) is 23.4 Å². The minimum atomic E-state index is -0.429. The standard InChI is InChI=1S/C22H25N5O4/c1-15(29)25-12-18-13-27(22(30)31-18)17-7-5-16(6-8-17)19-4-2-11-26(20(19)14-28)21-23-9-3-10-24-21/h2-10,18-20,28H,11-14H2,1H3,(H,25,29)/t18-,19?,20?/m0/s1. The lowest BCUT2D eigenvalue weighted by atomic mass is 9.88. The fourth-order valence-electron chi connectivity index (χ4n) is 3.97. The molecular formula is C22H25N5O4. The van der Waals surface area contributed by atoms with Gasteiger partial charge in [-0.2, -0.15) is 0 Å². The van der Waals surface area contributed by atoms with Gasteiger partial charge in [0, 0.05) is 37.5 Å². The predicted molar refractivity (Wildman–Crippen MR) is 115 cm³/mol. The topological polar surface area (TPSA) is 108 Å². The minimum absolute atomic E-state index is 0.0434. The van der Waals surface area contributed by atoms with Crippen LogP contribution in [-0.2, 0) is 9.53 Å². The average Bonchev–Trinajstić information content (AvgIpc) is 3.18. The van der Waals surface area contributed by atoms with Gasteiger partial charge in [0.2, 0.25) is 11.9 Å². The number of rotatable bonds is 6. The number of ether oxygens (including phenoxy) is 1. The van der Waals surface area contributed by atoms with Crippen LogP contribution in [0.25, 0.3) is 0 Å². The van der Waals surface area contributed by atoms with Crippen LogP contribution in [0, 0.1) is 0 Å². The molecule has 162 valence electrons. The van der Waals surface area contributed by atoms with Crippen molar-refractivity contribution in [3.63, 3.8) is 0 Å². The lowest BCUT2D eigenvalue weighted by Crippen LogP contribution is -2.45. The highest BCUT2D eigenvalue weighted by Gasteiger charge is 2.33. The number of aromatic nitrogens is 2. The Hall–Kier alpha value is -3.46.